The van der Waals surface area contributed by atoms with Crippen molar-refractivity contribution in [2.24, 2.45) is 0 Å². The van der Waals surface area contributed by atoms with Crippen LogP contribution in [0.1, 0.15) is 25.1 Å². The van der Waals surface area contributed by atoms with E-state index in [-0.39, 0.29) is 17.3 Å². The van der Waals surface area contributed by atoms with E-state index in [9.17, 15) is 8.42 Å². The zero-order valence-electron chi connectivity index (χ0n) is 11.8. The summed E-state index contributed by atoms with van der Waals surface area (Å²) < 4.78 is 31.9. The predicted octanol–water partition coefficient (Wildman–Crippen LogP) is 1.07. The van der Waals surface area contributed by atoms with Gasteiger partial charge in [-0.1, -0.05) is 12.1 Å². The molecule has 0 saturated heterocycles. The molecular weight excluding hydrogens is 294 g/mol. The van der Waals surface area contributed by atoms with E-state index in [0.717, 1.165) is 6.42 Å². The second-order valence-electron chi connectivity index (χ2n) is 4.36. The zero-order valence-corrected chi connectivity index (χ0v) is 12.6. The van der Waals surface area contributed by atoms with Gasteiger partial charge in [-0.15, -0.1) is 0 Å². The number of aromatic nitrogens is 3. The van der Waals surface area contributed by atoms with Crippen molar-refractivity contribution in [3.8, 4) is 0 Å². The molecular formula is C12H17N5O3S. The number of rotatable bonds is 7. The lowest BCUT2D eigenvalue weighted by Crippen LogP contribution is -2.24. The number of aryl methyl sites for hydroxylation is 1. The van der Waals surface area contributed by atoms with Crippen LogP contribution in [0.4, 0.5) is 5.69 Å². The molecule has 2 N–H and O–H groups in total. The molecule has 0 aliphatic rings. The Balaban J connectivity index is 2.15. The van der Waals surface area contributed by atoms with Crippen LogP contribution in [0.25, 0.3) is 0 Å². The lowest BCUT2D eigenvalue weighted by molar-refractivity contribution is 0.372. The minimum atomic E-state index is -3.71. The van der Waals surface area contributed by atoms with Gasteiger partial charge in [-0.3, -0.25) is 4.98 Å². The van der Waals surface area contributed by atoms with Crippen molar-refractivity contribution in [3.63, 3.8) is 0 Å². The second-order valence-corrected chi connectivity index (χ2v) is 6.09. The standard InChI is InChI=1S/C12H17N5O3S/c1-3-5-14-10-4-6-13-7-11(10)21(18,19)15-8-12-16-9(2)17-20-12/h4,6-7,15H,3,5,8H2,1-2H3,(H,13,14). The second kappa shape index (κ2) is 6.64. The van der Waals surface area contributed by atoms with E-state index < -0.39 is 10.0 Å². The Hall–Kier alpha value is -2.00. The molecule has 2 heterocycles. The summed E-state index contributed by atoms with van der Waals surface area (Å²) in [6, 6.07) is 1.63. The molecule has 0 unspecified atom stereocenters. The predicted molar refractivity (Wildman–Crippen MR) is 76.1 cm³/mol. The Kier molecular flexibility index (Phi) is 4.86. The van der Waals surface area contributed by atoms with E-state index in [1.54, 1.807) is 19.2 Å². The number of nitrogens with zero attached hydrogens (tertiary/aromatic N) is 3. The highest BCUT2D eigenvalue weighted by atomic mass is 32.2. The Bertz CT molecular complexity index is 698. The summed E-state index contributed by atoms with van der Waals surface area (Å²) >= 11 is 0. The van der Waals surface area contributed by atoms with E-state index in [1.807, 2.05) is 6.92 Å². The fourth-order valence-electron chi connectivity index (χ4n) is 1.65. The number of sulfonamides is 1. The first-order valence-corrected chi connectivity index (χ1v) is 7.98. The number of hydrogen-bond donors (Lipinski definition) is 2. The van der Waals surface area contributed by atoms with Crippen LogP contribution in [-0.2, 0) is 16.6 Å². The zero-order chi connectivity index (χ0) is 15.3. The van der Waals surface area contributed by atoms with Crippen molar-refractivity contribution < 1.29 is 12.9 Å². The normalized spacial score (nSPS) is 11.5. The van der Waals surface area contributed by atoms with Gasteiger partial charge in [0, 0.05) is 18.9 Å². The van der Waals surface area contributed by atoms with Gasteiger partial charge in [0.2, 0.25) is 15.9 Å². The first-order valence-electron chi connectivity index (χ1n) is 6.49. The van der Waals surface area contributed by atoms with Crippen LogP contribution in [0.2, 0.25) is 0 Å². The monoisotopic (exact) mass is 311 g/mol. The van der Waals surface area contributed by atoms with Crippen LogP contribution in [-0.4, -0.2) is 30.1 Å². The highest BCUT2D eigenvalue weighted by Gasteiger charge is 2.19. The molecule has 0 saturated carbocycles. The molecule has 0 aliphatic carbocycles. The van der Waals surface area contributed by atoms with E-state index in [0.29, 0.717) is 18.1 Å². The van der Waals surface area contributed by atoms with E-state index in [4.69, 9.17) is 4.52 Å². The summed E-state index contributed by atoms with van der Waals surface area (Å²) in [6.07, 6.45) is 3.73. The summed E-state index contributed by atoms with van der Waals surface area (Å²) in [5.74, 6) is 0.666. The summed E-state index contributed by atoms with van der Waals surface area (Å²) in [6.45, 7) is 4.27. The van der Waals surface area contributed by atoms with Crippen molar-refractivity contribution in [1.82, 2.24) is 19.8 Å². The van der Waals surface area contributed by atoms with Gasteiger partial charge >= 0.3 is 0 Å². The molecule has 0 aliphatic heterocycles. The largest absolute Gasteiger partial charge is 0.384 e. The molecule has 0 aromatic carbocycles. The van der Waals surface area contributed by atoms with E-state index in [2.05, 4.69) is 25.2 Å². The van der Waals surface area contributed by atoms with Gasteiger partial charge in [-0.05, 0) is 19.4 Å². The van der Waals surface area contributed by atoms with Crippen LogP contribution >= 0.6 is 0 Å². The fraction of sp³-hybridized carbons (Fsp3) is 0.417. The molecule has 2 rings (SSSR count). The maximum Gasteiger partial charge on any atom is 0.244 e. The molecule has 114 valence electrons. The van der Waals surface area contributed by atoms with Crippen molar-refractivity contribution in [1.29, 1.82) is 0 Å². The van der Waals surface area contributed by atoms with E-state index in [1.165, 1.54) is 6.20 Å². The highest BCUT2D eigenvalue weighted by molar-refractivity contribution is 7.89. The molecule has 0 fully saturated rings. The summed E-state index contributed by atoms with van der Waals surface area (Å²) in [7, 11) is -3.71. The number of nitrogens with one attached hydrogen (secondary N) is 2. The molecule has 0 bridgehead atoms. The van der Waals surface area contributed by atoms with Gasteiger partial charge in [-0.2, -0.15) is 4.98 Å². The van der Waals surface area contributed by atoms with Gasteiger partial charge in [0.1, 0.15) is 4.90 Å². The molecule has 2 aromatic rings. The smallest absolute Gasteiger partial charge is 0.244 e. The SMILES string of the molecule is CCCNc1ccncc1S(=O)(=O)NCc1nc(C)no1. The minimum absolute atomic E-state index is 0.0642. The first kappa shape index (κ1) is 15.4. The molecule has 2 aromatic heterocycles. The van der Waals surface area contributed by atoms with Crippen LogP contribution in [0, 0.1) is 6.92 Å². The fourth-order valence-corrected chi connectivity index (χ4v) is 2.74. The molecule has 0 spiro atoms. The summed E-state index contributed by atoms with van der Waals surface area (Å²) in [4.78, 5) is 7.90. The topological polar surface area (TPSA) is 110 Å². The molecule has 0 radical (unpaired) electrons. The van der Waals surface area contributed by atoms with Gasteiger partial charge < -0.3 is 9.84 Å². The molecule has 9 heteroatoms. The van der Waals surface area contributed by atoms with Crippen molar-refractivity contribution in [2.75, 3.05) is 11.9 Å². The summed E-state index contributed by atoms with van der Waals surface area (Å²) in [5, 5.41) is 6.66. The van der Waals surface area contributed by atoms with Gasteiger partial charge in [-0.25, -0.2) is 13.1 Å². The average molecular weight is 311 g/mol. The Morgan fingerprint density at radius 2 is 2.19 bits per heavy atom. The lowest BCUT2D eigenvalue weighted by atomic mass is 10.4. The van der Waals surface area contributed by atoms with Crippen LogP contribution < -0.4 is 10.0 Å². The molecule has 0 amide bonds. The van der Waals surface area contributed by atoms with Crippen LogP contribution in [0.3, 0.4) is 0 Å². The number of anilines is 1. The van der Waals surface area contributed by atoms with Gasteiger partial charge in [0.05, 0.1) is 12.2 Å². The van der Waals surface area contributed by atoms with Gasteiger partial charge in [0.15, 0.2) is 5.82 Å². The number of pyridine rings is 1. The first-order chi connectivity index (χ1) is 10.0. The number of hydrogen-bond acceptors (Lipinski definition) is 7. The third-order valence-electron chi connectivity index (χ3n) is 2.62. The van der Waals surface area contributed by atoms with Crippen LogP contribution in [0.15, 0.2) is 27.9 Å². The molecule has 8 nitrogen and oxygen atoms in total. The highest BCUT2D eigenvalue weighted by Crippen LogP contribution is 2.19. The van der Waals surface area contributed by atoms with Gasteiger partial charge in [0.25, 0.3) is 0 Å². The average Bonchev–Trinajstić information content (AvgIpc) is 2.89. The third kappa shape index (κ3) is 3.99. The molecule has 0 atom stereocenters. The summed E-state index contributed by atoms with van der Waals surface area (Å²) in [5.41, 5.74) is 0.515. The van der Waals surface area contributed by atoms with Crippen molar-refractivity contribution in [2.45, 2.75) is 31.7 Å². The molecule has 21 heavy (non-hydrogen) atoms. The van der Waals surface area contributed by atoms with Crippen molar-refractivity contribution in [3.05, 3.63) is 30.2 Å². The Morgan fingerprint density at radius 3 is 2.86 bits per heavy atom. The van der Waals surface area contributed by atoms with E-state index >= 15 is 0 Å². The maximum absolute atomic E-state index is 12.3. The third-order valence-corrected chi connectivity index (χ3v) is 4.05. The maximum atomic E-state index is 12.3. The lowest BCUT2D eigenvalue weighted by Gasteiger charge is -2.11. The Morgan fingerprint density at radius 1 is 1.38 bits per heavy atom. The van der Waals surface area contributed by atoms with Crippen LogP contribution in [0.5, 0.6) is 0 Å². The minimum Gasteiger partial charge on any atom is -0.384 e. The van der Waals surface area contributed by atoms with Crippen molar-refractivity contribution >= 4 is 15.7 Å². The Labute approximate surface area is 123 Å². The quantitative estimate of drug-likeness (QED) is 0.787.